The Hall–Kier alpha value is -0.410. The van der Waals surface area contributed by atoms with Gasteiger partial charge in [0.05, 0.1) is 0 Å². The zero-order valence-electron chi connectivity index (χ0n) is 9.36. The molecule has 1 aliphatic rings. The third-order valence-corrected chi connectivity index (χ3v) is 4.42. The van der Waals surface area contributed by atoms with E-state index in [1.54, 1.807) is 11.5 Å². The smallest absolute Gasteiger partial charge is 0.0409 e. The minimum Gasteiger partial charge on any atom is -0.328 e. The van der Waals surface area contributed by atoms with Gasteiger partial charge in [-0.2, -0.15) is 0 Å². The van der Waals surface area contributed by atoms with E-state index in [4.69, 9.17) is 5.73 Å². The van der Waals surface area contributed by atoms with E-state index in [2.05, 4.69) is 17.4 Å². The highest BCUT2D eigenvalue weighted by Gasteiger charge is 2.27. The Balaban J connectivity index is 1.98. The van der Waals surface area contributed by atoms with E-state index in [-0.39, 0.29) is 0 Å². The maximum Gasteiger partial charge on any atom is 0.0409 e. The van der Waals surface area contributed by atoms with E-state index >= 15 is 0 Å². The Morgan fingerprint density at radius 3 is 3.00 bits per heavy atom. The molecule has 3 atom stereocenters. The molecular formula is C12H20N2S. The molecule has 1 fully saturated rings. The first kappa shape index (κ1) is 11.1. The topological polar surface area (TPSA) is 38.9 Å². The number of hydrogen-bond acceptors (Lipinski definition) is 3. The number of nitrogens with zero attached hydrogens (tertiary/aromatic N) is 1. The molecule has 1 aromatic rings. The van der Waals surface area contributed by atoms with E-state index in [9.17, 15) is 0 Å². The average Bonchev–Trinajstić information content (AvgIpc) is 2.71. The molecule has 0 saturated heterocycles. The molecule has 15 heavy (non-hydrogen) atoms. The van der Waals surface area contributed by atoms with E-state index in [1.165, 1.54) is 37.0 Å². The summed E-state index contributed by atoms with van der Waals surface area (Å²) in [5.74, 6) is 1.67. The number of aromatic nitrogens is 1. The molecule has 0 amide bonds. The second-order valence-electron chi connectivity index (χ2n) is 4.68. The number of rotatable bonds is 3. The van der Waals surface area contributed by atoms with Crippen LogP contribution in [0.25, 0.3) is 0 Å². The van der Waals surface area contributed by atoms with Gasteiger partial charge in [-0.15, -0.1) is 0 Å². The monoisotopic (exact) mass is 224 g/mol. The maximum atomic E-state index is 6.06. The van der Waals surface area contributed by atoms with Crippen molar-refractivity contribution >= 4 is 11.5 Å². The molecule has 3 unspecified atom stereocenters. The molecule has 2 nitrogen and oxygen atoms in total. The maximum absolute atomic E-state index is 6.06. The van der Waals surface area contributed by atoms with Crippen LogP contribution in [-0.2, 0) is 6.42 Å². The van der Waals surface area contributed by atoms with Gasteiger partial charge in [0.15, 0.2) is 0 Å². The molecule has 1 aliphatic carbocycles. The van der Waals surface area contributed by atoms with Gasteiger partial charge in [-0.05, 0) is 55.1 Å². The highest BCUT2D eigenvalue weighted by Crippen LogP contribution is 2.34. The van der Waals surface area contributed by atoms with E-state index < -0.39 is 0 Å². The molecule has 3 heteroatoms. The first-order valence-electron chi connectivity index (χ1n) is 5.94. The second-order valence-corrected chi connectivity index (χ2v) is 5.60. The summed E-state index contributed by atoms with van der Waals surface area (Å²) in [7, 11) is 0. The molecule has 0 aromatic carbocycles. The van der Waals surface area contributed by atoms with Gasteiger partial charge >= 0.3 is 0 Å². The van der Waals surface area contributed by atoms with Crippen LogP contribution < -0.4 is 5.73 Å². The van der Waals surface area contributed by atoms with Crippen molar-refractivity contribution in [2.24, 2.45) is 17.6 Å². The predicted octanol–water partition coefficient (Wildman–Crippen LogP) is 2.84. The molecule has 2 N–H and O–H groups in total. The van der Waals surface area contributed by atoms with Gasteiger partial charge in [-0.3, -0.25) is 0 Å². The average molecular weight is 224 g/mol. The van der Waals surface area contributed by atoms with Gasteiger partial charge in [-0.25, -0.2) is 4.37 Å². The predicted molar refractivity (Wildman–Crippen MR) is 64.9 cm³/mol. The molecule has 1 heterocycles. The van der Waals surface area contributed by atoms with Crippen molar-refractivity contribution < 1.29 is 0 Å². The van der Waals surface area contributed by atoms with Crippen molar-refractivity contribution in [3.05, 3.63) is 17.1 Å². The highest BCUT2D eigenvalue weighted by atomic mass is 32.1. The lowest BCUT2D eigenvalue weighted by molar-refractivity contribution is 0.210. The number of nitrogens with two attached hydrogens (primary N) is 1. The fourth-order valence-corrected chi connectivity index (χ4v) is 3.42. The zero-order valence-corrected chi connectivity index (χ0v) is 10.2. The van der Waals surface area contributed by atoms with Crippen LogP contribution in [0.4, 0.5) is 0 Å². The molecule has 2 rings (SSSR count). The fraction of sp³-hybridized carbons (Fsp3) is 0.750. The van der Waals surface area contributed by atoms with Crippen molar-refractivity contribution in [2.45, 2.75) is 45.1 Å². The molecule has 0 aliphatic heterocycles. The Kier molecular flexibility index (Phi) is 3.76. The molecule has 1 saturated carbocycles. The second kappa shape index (κ2) is 5.08. The molecule has 1 aromatic heterocycles. The van der Waals surface area contributed by atoms with Crippen molar-refractivity contribution in [3.8, 4) is 0 Å². The van der Waals surface area contributed by atoms with Crippen molar-refractivity contribution in [2.75, 3.05) is 0 Å². The van der Waals surface area contributed by atoms with Crippen molar-refractivity contribution in [3.63, 3.8) is 0 Å². The van der Waals surface area contributed by atoms with Crippen LogP contribution in [0.5, 0.6) is 0 Å². The summed E-state index contributed by atoms with van der Waals surface area (Å²) < 4.78 is 4.17. The van der Waals surface area contributed by atoms with Crippen molar-refractivity contribution in [1.29, 1.82) is 0 Å². The van der Waals surface area contributed by atoms with Crippen LogP contribution in [-0.4, -0.2) is 10.4 Å². The van der Waals surface area contributed by atoms with Crippen LogP contribution in [0.3, 0.4) is 0 Å². The summed E-state index contributed by atoms with van der Waals surface area (Å²) in [5, 5.41) is 0. The summed E-state index contributed by atoms with van der Waals surface area (Å²) in [6.07, 6.45) is 8.14. The van der Waals surface area contributed by atoms with E-state index in [0.717, 1.165) is 11.8 Å². The third-order valence-electron chi connectivity index (χ3n) is 3.66. The number of hydrogen-bond donors (Lipinski definition) is 1. The van der Waals surface area contributed by atoms with Crippen molar-refractivity contribution in [1.82, 2.24) is 4.37 Å². The lowest BCUT2D eigenvalue weighted by atomic mass is 9.74. The minimum atomic E-state index is 0.436. The Morgan fingerprint density at radius 1 is 1.47 bits per heavy atom. The summed E-state index contributed by atoms with van der Waals surface area (Å²) in [6.45, 7) is 2.31. The standard InChI is InChI=1S/C12H20N2S/c1-2-9-3-4-11(13)7-10(9)8-12-5-6-14-15-12/h5-6,9-11H,2-4,7-8,13H2,1H3. The quantitative estimate of drug-likeness (QED) is 0.857. The molecule has 0 spiro atoms. The fourth-order valence-electron chi connectivity index (χ4n) is 2.76. The van der Waals surface area contributed by atoms with Gasteiger partial charge < -0.3 is 5.73 Å². The summed E-state index contributed by atoms with van der Waals surface area (Å²) in [6, 6.07) is 2.59. The molecule has 84 valence electrons. The lowest BCUT2D eigenvalue weighted by Crippen LogP contribution is -2.34. The molecule has 0 bridgehead atoms. The lowest BCUT2D eigenvalue weighted by Gasteiger charge is -2.34. The Bertz CT molecular complexity index is 284. The first-order chi connectivity index (χ1) is 7.29. The van der Waals surface area contributed by atoms with Crippen LogP contribution >= 0.6 is 11.5 Å². The van der Waals surface area contributed by atoms with Crippen LogP contribution in [0.2, 0.25) is 0 Å². The van der Waals surface area contributed by atoms with Crippen LogP contribution in [0.15, 0.2) is 12.3 Å². The first-order valence-corrected chi connectivity index (χ1v) is 6.72. The van der Waals surface area contributed by atoms with E-state index in [0.29, 0.717) is 6.04 Å². The molecular weight excluding hydrogens is 204 g/mol. The normalized spacial score (nSPS) is 31.7. The SMILES string of the molecule is CCC1CCC(N)CC1Cc1ccns1. The van der Waals surface area contributed by atoms with Gasteiger partial charge in [0.25, 0.3) is 0 Å². The van der Waals surface area contributed by atoms with Gasteiger partial charge in [0.1, 0.15) is 0 Å². The molecule has 0 radical (unpaired) electrons. The van der Waals surface area contributed by atoms with Gasteiger partial charge in [0, 0.05) is 17.1 Å². The minimum absolute atomic E-state index is 0.436. The summed E-state index contributed by atoms with van der Waals surface area (Å²) in [5.41, 5.74) is 6.06. The zero-order chi connectivity index (χ0) is 10.7. The summed E-state index contributed by atoms with van der Waals surface area (Å²) in [4.78, 5) is 1.42. The highest BCUT2D eigenvalue weighted by molar-refractivity contribution is 7.05. The van der Waals surface area contributed by atoms with Gasteiger partial charge in [-0.1, -0.05) is 13.3 Å². The van der Waals surface area contributed by atoms with E-state index in [1.807, 2.05) is 6.20 Å². The summed E-state index contributed by atoms with van der Waals surface area (Å²) >= 11 is 1.64. The third kappa shape index (κ3) is 2.79. The Morgan fingerprint density at radius 2 is 2.33 bits per heavy atom. The van der Waals surface area contributed by atoms with Gasteiger partial charge in [0.2, 0.25) is 0 Å². The van der Waals surface area contributed by atoms with Crippen LogP contribution in [0.1, 0.15) is 37.5 Å². The Labute approximate surface area is 96.1 Å². The van der Waals surface area contributed by atoms with Crippen LogP contribution in [0, 0.1) is 11.8 Å². The largest absolute Gasteiger partial charge is 0.328 e.